The summed E-state index contributed by atoms with van der Waals surface area (Å²) in [6, 6.07) is 82.2. The van der Waals surface area contributed by atoms with Gasteiger partial charge in [0.1, 0.15) is 0 Å². The average Bonchev–Trinajstić information content (AvgIpc) is 3.89. The van der Waals surface area contributed by atoms with Gasteiger partial charge >= 0.3 is 0 Å². The van der Waals surface area contributed by atoms with E-state index in [1.165, 1.54) is 71.9 Å². The number of hydrogen-bond acceptors (Lipinski definition) is 1. The van der Waals surface area contributed by atoms with Crippen molar-refractivity contribution in [2.24, 2.45) is 0 Å². The number of hydrogen-bond donors (Lipinski definition) is 0. The van der Waals surface area contributed by atoms with Crippen molar-refractivity contribution in [1.29, 1.82) is 0 Å². The van der Waals surface area contributed by atoms with Crippen LogP contribution in [0.4, 0.5) is 17.1 Å². The van der Waals surface area contributed by atoms with Crippen molar-refractivity contribution in [2.75, 3.05) is 4.90 Å². The number of para-hydroxylation sites is 2. The van der Waals surface area contributed by atoms with Gasteiger partial charge in [0.15, 0.2) is 0 Å². The van der Waals surface area contributed by atoms with Crippen LogP contribution in [0.1, 0.15) is 22.3 Å². The fraction of sp³-hybridized carbons (Fsp3) is 0.0182. The van der Waals surface area contributed by atoms with Crippen LogP contribution in [-0.4, -0.2) is 4.57 Å². The minimum atomic E-state index is -0.480. The standard InChI is InChI=1S/C55H34N2/c1-3-15-37(16-4-1)38-27-29-40(30-28-38)56(42-32-34-48-47-22-10-14-26-53(47)57(54(48)36-42)39-17-5-2-6-18-39)41-31-33-46-45-21-9-13-25-51(45)55(52(46)35-41)49-23-11-7-19-43(49)44-20-8-12-24-50(44)55/h1-7,9-19,21-36H. The Morgan fingerprint density at radius 2 is 1.00 bits per heavy atom. The third-order valence-electron chi connectivity index (χ3n) is 12.3. The summed E-state index contributed by atoms with van der Waals surface area (Å²) >= 11 is 0. The van der Waals surface area contributed by atoms with E-state index in [0.717, 1.165) is 28.3 Å². The minimum absolute atomic E-state index is 0.480. The number of aromatic nitrogens is 1. The Morgan fingerprint density at radius 3 is 1.82 bits per heavy atom. The molecule has 0 N–H and O–H groups in total. The van der Waals surface area contributed by atoms with Gasteiger partial charge in [-0.2, -0.15) is 0 Å². The van der Waals surface area contributed by atoms with Crippen LogP contribution in [-0.2, 0) is 5.41 Å². The maximum absolute atomic E-state index is 3.53. The SMILES string of the molecule is c1ccc2c(c#1)-c1ccccc1C21c2ccccc2-c2ccc(N(c3ccc(-c4ccccc4)cc3)c3ccc4c5ccccc5n(-c5ccccc5)c4c3)cc21. The van der Waals surface area contributed by atoms with Crippen molar-refractivity contribution in [2.45, 2.75) is 5.41 Å². The molecule has 2 heteroatoms. The highest BCUT2D eigenvalue weighted by Gasteiger charge is 2.51. The zero-order valence-corrected chi connectivity index (χ0v) is 31.0. The first-order chi connectivity index (χ1) is 28.3. The Kier molecular flexibility index (Phi) is 6.79. The molecular weight excluding hydrogens is 689 g/mol. The van der Waals surface area contributed by atoms with Crippen LogP contribution < -0.4 is 4.90 Å². The van der Waals surface area contributed by atoms with E-state index >= 15 is 0 Å². The molecule has 0 amide bonds. The van der Waals surface area contributed by atoms with Gasteiger partial charge in [-0.25, -0.2) is 0 Å². The molecule has 0 radical (unpaired) electrons. The summed E-state index contributed by atoms with van der Waals surface area (Å²) < 4.78 is 2.40. The van der Waals surface area contributed by atoms with Gasteiger partial charge in [0.05, 0.1) is 16.4 Å². The molecule has 1 atom stereocenters. The molecule has 0 fully saturated rings. The molecule has 0 saturated heterocycles. The molecule has 2 aliphatic carbocycles. The summed E-state index contributed by atoms with van der Waals surface area (Å²) in [4.78, 5) is 2.44. The summed E-state index contributed by atoms with van der Waals surface area (Å²) in [6.45, 7) is 0. The number of anilines is 3. The lowest BCUT2D eigenvalue weighted by Gasteiger charge is -2.32. The summed E-state index contributed by atoms with van der Waals surface area (Å²) in [5.74, 6) is 0. The van der Waals surface area contributed by atoms with Crippen LogP contribution in [0.5, 0.6) is 0 Å². The van der Waals surface area contributed by atoms with Gasteiger partial charge in [-0.3, -0.25) is 0 Å². The fourth-order valence-corrected chi connectivity index (χ4v) is 9.91. The number of benzene rings is 8. The van der Waals surface area contributed by atoms with Crippen molar-refractivity contribution in [3.63, 3.8) is 0 Å². The van der Waals surface area contributed by atoms with E-state index in [9.17, 15) is 0 Å². The average molecular weight is 723 g/mol. The van der Waals surface area contributed by atoms with E-state index in [2.05, 4.69) is 222 Å². The highest BCUT2D eigenvalue weighted by molar-refractivity contribution is 6.10. The second kappa shape index (κ2) is 12.2. The number of fused-ring (bicyclic) bond motifs is 13. The highest BCUT2D eigenvalue weighted by Crippen LogP contribution is 2.63. The van der Waals surface area contributed by atoms with Gasteiger partial charge in [0.2, 0.25) is 0 Å². The predicted octanol–water partition coefficient (Wildman–Crippen LogP) is 13.9. The molecule has 0 saturated carbocycles. The lowest BCUT2D eigenvalue weighted by molar-refractivity contribution is 0.794. The topological polar surface area (TPSA) is 8.17 Å². The maximum Gasteiger partial charge on any atom is 0.0733 e. The van der Waals surface area contributed by atoms with Gasteiger partial charge < -0.3 is 9.47 Å². The van der Waals surface area contributed by atoms with Crippen molar-refractivity contribution in [1.82, 2.24) is 4.57 Å². The van der Waals surface area contributed by atoms with Crippen LogP contribution in [0, 0.1) is 12.1 Å². The molecule has 1 unspecified atom stereocenters. The summed E-state index contributed by atoms with van der Waals surface area (Å²) in [6.07, 6.45) is 0. The third-order valence-corrected chi connectivity index (χ3v) is 12.3. The molecule has 0 aliphatic heterocycles. The van der Waals surface area contributed by atoms with E-state index in [1.807, 2.05) is 6.07 Å². The van der Waals surface area contributed by atoms with Gasteiger partial charge in [-0.1, -0.05) is 152 Å². The van der Waals surface area contributed by atoms with Crippen LogP contribution in [0.2, 0.25) is 0 Å². The first-order valence-electron chi connectivity index (χ1n) is 19.6. The van der Waals surface area contributed by atoms with E-state index in [1.54, 1.807) is 0 Å². The van der Waals surface area contributed by atoms with Gasteiger partial charge in [-0.15, -0.1) is 0 Å². The minimum Gasteiger partial charge on any atom is -0.310 e. The molecule has 12 rings (SSSR count). The number of rotatable bonds is 5. The second-order valence-electron chi connectivity index (χ2n) is 15.1. The Morgan fingerprint density at radius 1 is 0.404 bits per heavy atom. The zero-order chi connectivity index (χ0) is 37.5. The third kappa shape index (κ3) is 4.49. The van der Waals surface area contributed by atoms with Crippen LogP contribution >= 0.6 is 0 Å². The lowest BCUT2D eigenvalue weighted by Crippen LogP contribution is -2.26. The van der Waals surface area contributed by atoms with Crippen molar-refractivity contribution >= 4 is 38.9 Å². The van der Waals surface area contributed by atoms with Crippen molar-refractivity contribution in [3.05, 3.63) is 241 Å². The normalized spacial score (nSPS) is 12.9. The Labute approximate surface area is 332 Å². The first kappa shape index (κ1) is 31.7. The van der Waals surface area contributed by atoms with Crippen molar-refractivity contribution < 1.29 is 0 Å². The summed E-state index contributed by atoms with van der Waals surface area (Å²) in [5.41, 5.74) is 18.8. The predicted molar refractivity (Wildman–Crippen MR) is 235 cm³/mol. The molecule has 1 spiro atoms. The van der Waals surface area contributed by atoms with Gasteiger partial charge in [0, 0.05) is 39.1 Å². The Hall–Kier alpha value is -7.60. The smallest absolute Gasteiger partial charge is 0.0733 e. The molecule has 264 valence electrons. The quantitative estimate of drug-likeness (QED) is 0.172. The Bertz CT molecular complexity index is 3110. The second-order valence-corrected chi connectivity index (χ2v) is 15.1. The lowest BCUT2D eigenvalue weighted by atomic mass is 9.70. The van der Waals surface area contributed by atoms with Gasteiger partial charge in [-0.05, 0) is 117 Å². The molecule has 2 nitrogen and oxygen atoms in total. The largest absolute Gasteiger partial charge is 0.310 e. The van der Waals surface area contributed by atoms with Crippen LogP contribution in [0.3, 0.4) is 0 Å². The molecule has 2 aliphatic rings. The molecule has 1 aromatic heterocycles. The van der Waals surface area contributed by atoms with Gasteiger partial charge in [0.25, 0.3) is 0 Å². The highest BCUT2D eigenvalue weighted by atomic mass is 15.1. The van der Waals surface area contributed by atoms with E-state index < -0.39 is 5.41 Å². The maximum atomic E-state index is 3.53. The molecular formula is C55H34N2. The molecule has 10 aromatic rings. The first-order valence-corrected chi connectivity index (χ1v) is 19.6. The van der Waals surface area contributed by atoms with Crippen molar-refractivity contribution in [3.8, 4) is 39.1 Å². The monoisotopic (exact) mass is 722 g/mol. The number of nitrogens with zero attached hydrogens (tertiary/aromatic N) is 2. The molecule has 9 aromatic carbocycles. The Balaban J connectivity index is 1.12. The van der Waals surface area contributed by atoms with E-state index in [-0.39, 0.29) is 0 Å². The molecule has 57 heavy (non-hydrogen) atoms. The van der Waals surface area contributed by atoms with Crippen LogP contribution in [0.25, 0.3) is 60.9 Å². The zero-order valence-electron chi connectivity index (χ0n) is 31.0. The fourth-order valence-electron chi connectivity index (χ4n) is 9.91. The van der Waals surface area contributed by atoms with E-state index in [4.69, 9.17) is 0 Å². The van der Waals surface area contributed by atoms with E-state index in [0.29, 0.717) is 0 Å². The molecule has 0 bridgehead atoms. The van der Waals surface area contributed by atoms with Crippen LogP contribution in [0.15, 0.2) is 206 Å². The molecule has 1 heterocycles. The summed E-state index contributed by atoms with van der Waals surface area (Å²) in [5, 5.41) is 2.47. The summed E-state index contributed by atoms with van der Waals surface area (Å²) in [7, 11) is 0.